The topological polar surface area (TPSA) is 70.0 Å². The molecule has 3 aliphatic rings. The molecule has 0 unspecified atom stereocenters. The summed E-state index contributed by atoms with van der Waals surface area (Å²) < 4.78 is 17.5. The molecule has 0 aliphatic carbocycles. The molecule has 2 fully saturated rings. The number of nitrogens with zero attached hydrogens (tertiary/aromatic N) is 2. The number of thiophene rings is 2. The molecule has 3 aromatic rings. The molecule has 0 spiro atoms. The van der Waals surface area contributed by atoms with Crippen LogP contribution in [-0.4, -0.2) is 43.1 Å². The summed E-state index contributed by atoms with van der Waals surface area (Å²) in [6, 6.07) is 5.59. The van der Waals surface area contributed by atoms with E-state index in [-0.39, 0.29) is 11.0 Å². The van der Waals surface area contributed by atoms with Gasteiger partial charge in [0.15, 0.2) is 5.60 Å². The van der Waals surface area contributed by atoms with Crippen LogP contribution >= 0.6 is 22.7 Å². The summed E-state index contributed by atoms with van der Waals surface area (Å²) in [7, 11) is 0. The summed E-state index contributed by atoms with van der Waals surface area (Å²) >= 11 is 3.24. The first-order valence-electron chi connectivity index (χ1n) is 11.8. The quantitative estimate of drug-likeness (QED) is 0.415. The minimum absolute atomic E-state index is 0.0177. The van der Waals surface area contributed by atoms with Gasteiger partial charge in [0, 0.05) is 45.9 Å². The van der Waals surface area contributed by atoms with E-state index in [1.807, 2.05) is 64.6 Å². The van der Waals surface area contributed by atoms with Gasteiger partial charge in [-0.25, -0.2) is 0 Å². The molecular weight excluding hydrogens is 508 g/mol. The van der Waals surface area contributed by atoms with Gasteiger partial charge in [-0.2, -0.15) is 11.3 Å². The van der Waals surface area contributed by atoms with Gasteiger partial charge in [0.05, 0.1) is 37.8 Å². The van der Waals surface area contributed by atoms with Crippen LogP contribution in [0.15, 0.2) is 86.9 Å². The largest absolute Gasteiger partial charge is 0.451 e. The van der Waals surface area contributed by atoms with Crippen LogP contribution in [0.5, 0.6) is 0 Å². The highest BCUT2D eigenvalue weighted by molar-refractivity contribution is 7.08. The minimum Gasteiger partial charge on any atom is -0.451 e. The van der Waals surface area contributed by atoms with Crippen LogP contribution in [0.25, 0.3) is 5.69 Å². The van der Waals surface area contributed by atoms with Crippen molar-refractivity contribution < 1.29 is 19.0 Å². The number of carbonyl (C=O) groups excluding carboxylic acids is 1. The van der Waals surface area contributed by atoms with Gasteiger partial charge in [0.25, 0.3) is 12.0 Å². The Morgan fingerprint density at radius 1 is 1.05 bits per heavy atom. The normalized spacial score (nSPS) is 19.1. The zero-order valence-corrected chi connectivity index (χ0v) is 22.3. The molecule has 6 heterocycles. The molecule has 0 bridgehead atoms. The van der Waals surface area contributed by atoms with Crippen LogP contribution < -0.4 is 10.5 Å². The molecule has 6 rings (SSSR count). The number of allylic oxidation sites excluding steroid dienone is 1. The van der Waals surface area contributed by atoms with Gasteiger partial charge in [0.2, 0.25) is 0 Å². The first-order valence-corrected chi connectivity index (χ1v) is 13.7. The smallest absolute Gasteiger partial charge is 0.294 e. The second-order valence-corrected chi connectivity index (χ2v) is 11.1. The summed E-state index contributed by atoms with van der Waals surface area (Å²) in [6.07, 6.45) is 7.76. The number of pyridine rings is 1. The number of ether oxygens (including phenoxy) is 3. The van der Waals surface area contributed by atoms with E-state index in [0.717, 1.165) is 41.4 Å². The molecule has 3 aromatic heterocycles. The molecule has 0 N–H and O–H groups in total. The Labute approximate surface area is 223 Å². The lowest BCUT2D eigenvalue weighted by atomic mass is 9.82. The first-order chi connectivity index (χ1) is 17.8. The predicted molar refractivity (Wildman–Crippen MR) is 147 cm³/mol. The van der Waals surface area contributed by atoms with Crippen molar-refractivity contribution in [2.75, 3.05) is 31.3 Å². The fraction of sp³-hybridized carbons (Fsp3) is 0.286. The van der Waals surface area contributed by atoms with E-state index >= 15 is 0 Å². The van der Waals surface area contributed by atoms with Gasteiger partial charge >= 0.3 is 0 Å². The van der Waals surface area contributed by atoms with Crippen LogP contribution in [0.2, 0.25) is 0 Å². The van der Waals surface area contributed by atoms with Crippen molar-refractivity contribution in [3.8, 4) is 5.69 Å². The van der Waals surface area contributed by atoms with E-state index in [4.69, 9.17) is 14.2 Å². The van der Waals surface area contributed by atoms with Crippen LogP contribution in [0, 0.1) is 6.92 Å². The van der Waals surface area contributed by atoms with Crippen LogP contribution in [-0.2, 0) is 24.4 Å². The standard InChI is InChI=1S/C14H13NO3S.C14H15NO2S/c1-11-2-3-12(14(18-10-16)8-17-9-14)6-15(11)13-4-5-19-7-13;1-10-6-18-7-12(10)15-5-11(3-4-13(15)16)14(2)8-17-9-14/h2-7,10H,1,8-9H2;3-7H,8-9H2,1-2H3. The zero-order valence-electron chi connectivity index (χ0n) is 20.7. The number of anilines is 1. The molecule has 192 valence electrons. The first kappa shape index (κ1) is 25.4. The highest BCUT2D eigenvalue weighted by Gasteiger charge is 2.44. The van der Waals surface area contributed by atoms with E-state index in [2.05, 4.69) is 18.9 Å². The summed E-state index contributed by atoms with van der Waals surface area (Å²) in [5.41, 5.74) is 5.56. The molecule has 37 heavy (non-hydrogen) atoms. The minimum atomic E-state index is -0.646. The Bertz CT molecular complexity index is 1410. The average molecular weight is 537 g/mol. The van der Waals surface area contributed by atoms with Gasteiger partial charge < -0.3 is 19.1 Å². The summed E-state index contributed by atoms with van der Waals surface area (Å²) in [4.78, 5) is 24.6. The predicted octanol–water partition coefficient (Wildman–Crippen LogP) is 4.96. The van der Waals surface area contributed by atoms with Crippen LogP contribution in [0.3, 0.4) is 0 Å². The summed E-state index contributed by atoms with van der Waals surface area (Å²) in [6.45, 7) is 10.9. The maximum absolute atomic E-state index is 12.0. The van der Waals surface area contributed by atoms with Gasteiger partial charge in [-0.05, 0) is 41.0 Å². The second kappa shape index (κ2) is 10.3. The lowest BCUT2D eigenvalue weighted by Gasteiger charge is -2.42. The third kappa shape index (κ3) is 4.87. The van der Waals surface area contributed by atoms with Gasteiger partial charge in [0.1, 0.15) is 0 Å². The van der Waals surface area contributed by atoms with Gasteiger partial charge in [-0.1, -0.05) is 25.6 Å². The van der Waals surface area contributed by atoms with E-state index in [0.29, 0.717) is 19.7 Å². The number of hydrogen-bond donors (Lipinski definition) is 0. The van der Waals surface area contributed by atoms with Gasteiger partial charge in [-0.3, -0.25) is 14.2 Å². The molecule has 3 aliphatic heterocycles. The molecule has 0 aromatic carbocycles. The Hall–Kier alpha value is -3.24. The molecule has 0 atom stereocenters. The van der Waals surface area contributed by atoms with E-state index in [1.54, 1.807) is 33.3 Å². The van der Waals surface area contributed by atoms with Crippen molar-refractivity contribution in [3.63, 3.8) is 0 Å². The number of carbonyl (C=O) groups is 1. The highest BCUT2D eigenvalue weighted by Crippen LogP contribution is 2.36. The monoisotopic (exact) mass is 536 g/mol. The Balaban J connectivity index is 0.000000152. The summed E-state index contributed by atoms with van der Waals surface area (Å²) in [5.74, 6) is 0. The van der Waals surface area contributed by atoms with Crippen LogP contribution in [0.1, 0.15) is 18.1 Å². The molecule has 9 heteroatoms. The number of hydrogen-bond acceptors (Lipinski definition) is 8. The molecule has 0 amide bonds. The van der Waals surface area contributed by atoms with Crippen molar-refractivity contribution in [1.82, 2.24) is 4.57 Å². The maximum atomic E-state index is 12.0. The van der Waals surface area contributed by atoms with Crippen molar-refractivity contribution in [2.24, 2.45) is 0 Å². The third-order valence-corrected chi connectivity index (χ3v) is 8.34. The number of rotatable bonds is 6. The molecule has 0 radical (unpaired) electrons. The van der Waals surface area contributed by atoms with Crippen molar-refractivity contribution in [2.45, 2.75) is 24.9 Å². The van der Waals surface area contributed by atoms with Crippen molar-refractivity contribution in [1.29, 1.82) is 0 Å². The number of aryl methyl sites for hydroxylation is 1. The Morgan fingerprint density at radius 2 is 1.84 bits per heavy atom. The SMILES string of the molecule is C=C1C=CC(C2(OC=O)COC2)=CN1c1ccsc1.Cc1cscc1-n1cc(C2(C)COC2)ccc1=O. The van der Waals surface area contributed by atoms with E-state index in [9.17, 15) is 9.59 Å². The number of aromatic nitrogens is 1. The van der Waals surface area contributed by atoms with Gasteiger partial charge in [-0.15, -0.1) is 11.3 Å². The molecule has 7 nitrogen and oxygen atoms in total. The molecule has 0 saturated carbocycles. The summed E-state index contributed by atoms with van der Waals surface area (Å²) in [5, 5.41) is 8.13. The lowest BCUT2D eigenvalue weighted by Crippen LogP contribution is -2.53. The van der Waals surface area contributed by atoms with Crippen LogP contribution in [0.4, 0.5) is 5.69 Å². The van der Waals surface area contributed by atoms with Crippen molar-refractivity contribution in [3.05, 3.63) is 104 Å². The maximum Gasteiger partial charge on any atom is 0.294 e. The highest BCUT2D eigenvalue weighted by atomic mass is 32.1. The average Bonchev–Trinajstić information content (AvgIpc) is 3.53. The second-order valence-electron chi connectivity index (χ2n) is 9.58. The van der Waals surface area contributed by atoms with E-state index in [1.165, 1.54) is 5.56 Å². The van der Waals surface area contributed by atoms with E-state index < -0.39 is 5.60 Å². The fourth-order valence-electron chi connectivity index (χ4n) is 4.33. The molecular formula is C28H28N2O5S2. The Kier molecular flexibility index (Phi) is 7.04. The zero-order chi connectivity index (χ0) is 26.0. The molecule has 2 saturated heterocycles. The third-order valence-electron chi connectivity index (χ3n) is 6.82. The Morgan fingerprint density at radius 3 is 2.41 bits per heavy atom. The fourth-order valence-corrected chi connectivity index (χ4v) is 5.78. The van der Waals surface area contributed by atoms with Crippen molar-refractivity contribution >= 4 is 34.8 Å². The lowest BCUT2D eigenvalue weighted by molar-refractivity contribution is -0.185.